The Labute approximate surface area is 73.5 Å². The molecular weight excluding hydrogens is 154 g/mol. The summed E-state index contributed by atoms with van der Waals surface area (Å²) in [6.07, 6.45) is 5.35. The topological polar surface area (TPSA) is 38.3 Å². The quantitative estimate of drug-likeness (QED) is 0.690. The second-order valence-electron chi connectivity index (χ2n) is 3.20. The van der Waals surface area contributed by atoms with Gasteiger partial charge in [0.15, 0.2) is 0 Å². The summed E-state index contributed by atoms with van der Waals surface area (Å²) in [5.41, 5.74) is 0. The molecule has 3 nitrogen and oxygen atoms in total. The van der Waals surface area contributed by atoms with Crippen LogP contribution in [0.15, 0.2) is 0 Å². The van der Waals surface area contributed by atoms with E-state index in [1.807, 2.05) is 0 Å². The number of nitrogens with one attached hydrogen (secondary N) is 1. The lowest BCUT2D eigenvalue weighted by Crippen LogP contribution is -2.23. The molecule has 0 radical (unpaired) electrons. The Bertz CT molecular complexity index is 141. The molecule has 1 atom stereocenters. The first kappa shape index (κ1) is 9.52. The first-order chi connectivity index (χ1) is 5.83. The summed E-state index contributed by atoms with van der Waals surface area (Å²) in [6, 6.07) is 0. The third kappa shape index (κ3) is 3.22. The van der Waals surface area contributed by atoms with Crippen LogP contribution in [-0.2, 0) is 9.53 Å². The predicted molar refractivity (Wildman–Crippen MR) is 46.9 cm³/mol. The van der Waals surface area contributed by atoms with Crippen LogP contribution in [0.5, 0.6) is 0 Å². The fourth-order valence-corrected chi connectivity index (χ4v) is 1.45. The van der Waals surface area contributed by atoms with E-state index in [1.54, 1.807) is 7.05 Å². The number of hydrogen-bond acceptors (Lipinski definition) is 2. The lowest BCUT2D eigenvalue weighted by atomic mass is 10.0. The van der Waals surface area contributed by atoms with E-state index in [0.29, 0.717) is 12.5 Å². The van der Waals surface area contributed by atoms with Crippen LogP contribution in [0.4, 0.5) is 0 Å². The van der Waals surface area contributed by atoms with Crippen molar-refractivity contribution in [1.29, 1.82) is 0 Å². The Kier molecular flexibility index (Phi) is 4.08. The van der Waals surface area contributed by atoms with E-state index in [2.05, 4.69) is 5.32 Å². The highest BCUT2D eigenvalue weighted by molar-refractivity contribution is 5.75. The highest BCUT2D eigenvalue weighted by Crippen LogP contribution is 2.16. The van der Waals surface area contributed by atoms with Crippen molar-refractivity contribution in [3.8, 4) is 0 Å². The van der Waals surface area contributed by atoms with Crippen molar-refractivity contribution in [2.75, 3.05) is 13.7 Å². The van der Waals surface area contributed by atoms with Gasteiger partial charge in [-0.15, -0.1) is 0 Å². The van der Waals surface area contributed by atoms with Gasteiger partial charge in [-0.2, -0.15) is 0 Å². The fraction of sp³-hybridized carbons (Fsp3) is 0.889. The molecule has 1 fully saturated rings. The molecule has 1 heterocycles. The van der Waals surface area contributed by atoms with Crippen molar-refractivity contribution in [3.05, 3.63) is 0 Å². The minimum atomic E-state index is 0.115. The van der Waals surface area contributed by atoms with Gasteiger partial charge in [0, 0.05) is 20.1 Å². The summed E-state index contributed by atoms with van der Waals surface area (Å²) in [7, 11) is 1.67. The molecule has 1 rings (SSSR count). The smallest absolute Gasteiger partial charge is 0.219 e. The lowest BCUT2D eigenvalue weighted by molar-refractivity contribution is -0.121. The average molecular weight is 171 g/mol. The maximum atomic E-state index is 10.9. The van der Waals surface area contributed by atoms with Gasteiger partial charge in [0.05, 0.1) is 6.10 Å². The summed E-state index contributed by atoms with van der Waals surface area (Å²) >= 11 is 0. The van der Waals surface area contributed by atoms with Crippen LogP contribution in [0.1, 0.15) is 32.1 Å². The molecule has 12 heavy (non-hydrogen) atoms. The lowest BCUT2D eigenvalue weighted by Gasteiger charge is -2.21. The van der Waals surface area contributed by atoms with Gasteiger partial charge < -0.3 is 10.1 Å². The zero-order valence-corrected chi connectivity index (χ0v) is 7.64. The van der Waals surface area contributed by atoms with Crippen molar-refractivity contribution in [2.45, 2.75) is 38.2 Å². The molecule has 1 N–H and O–H groups in total. The maximum Gasteiger partial charge on any atom is 0.219 e. The molecule has 1 saturated heterocycles. The molecule has 70 valence electrons. The molecule has 0 bridgehead atoms. The van der Waals surface area contributed by atoms with E-state index < -0.39 is 0 Å². The van der Waals surface area contributed by atoms with Crippen molar-refractivity contribution >= 4 is 5.91 Å². The molecule has 0 aromatic carbocycles. The number of ether oxygens (including phenoxy) is 1. The standard InChI is InChI=1S/C9H17NO2/c1-10-9(11)6-5-8-4-2-3-7-12-8/h8H,2-7H2,1H3,(H,10,11). The van der Waals surface area contributed by atoms with E-state index in [4.69, 9.17) is 4.74 Å². The number of carbonyl (C=O) groups is 1. The molecule has 0 aromatic heterocycles. The number of rotatable bonds is 3. The van der Waals surface area contributed by atoms with Crippen molar-refractivity contribution in [3.63, 3.8) is 0 Å². The van der Waals surface area contributed by atoms with Crippen LogP contribution < -0.4 is 5.32 Å². The Hall–Kier alpha value is -0.570. The molecule has 1 unspecified atom stereocenters. The van der Waals surface area contributed by atoms with E-state index in [0.717, 1.165) is 19.4 Å². The number of hydrogen-bond donors (Lipinski definition) is 1. The molecule has 0 saturated carbocycles. The van der Waals surface area contributed by atoms with Crippen molar-refractivity contribution in [2.24, 2.45) is 0 Å². The minimum absolute atomic E-state index is 0.115. The zero-order chi connectivity index (χ0) is 8.81. The van der Waals surface area contributed by atoms with Crippen LogP contribution in [0.25, 0.3) is 0 Å². The van der Waals surface area contributed by atoms with Gasteiger partial charge in [-0.25, -0.2) is 0 Å². The minimum Gasteiger partial charge on any atom is -0.378 e. The number of carbonyl (C=O) groups excluding carboxylic acids is 1. The zero-order valence-electron chi connectivity index (χ0n) is 7.64. The van der Waals surface area contributed by atoms with Crippen molar-refractivity contribution < 1.29 is 9.53 Å². The van der Waals surface area contributed by atoms with Crippen LogP contribution in [0, 0.1) is 0 Å². The van der Waals surface area contributed by atoms with Gasteiger partial charge in [0.1, 0.15) is 0 Å². The Morgan fingerprint density at radius 2 is 2.42 bits per heavy atom. The van der Waals surface area contributed by atoms with Gasteiger partial charge in [-0.1, -0.05) is 0 Å². The Morgan fingerprint density at radius 3 is 3.00 bits per heavy atom. The van der Waals surface area contributed by atoms with Crippen LogP contribution >= 0.6 is 0 Å². The van der Waals surface area contributed by atoms with E-state index in [1.165, 1.54) is 12.8 Å². The predicted octanol–water partition coefficient (Wildman–Crippen LogP) is 1.08. The molecule has 1 amide bonds. The highest BCUT2D eigenvalue weighted by atomic mass is 16.5. The molecule has 1 aliphatic rings. The van der Waals surface area contributed by atoms with Crippen LogP contribution in [-0.4, -0.2) is 25.7 Å². The summed E-state index contributed by atoms with van der Waals surface area (Å²) in [5, 5.41) is 2.61. The molecule has 3 heteroatoms. The van der Waals surface area contributed by atoms with E-state index in [-0.39, 0.29) is 5.91 Å². The molecule has 0 spiro atoms. The van der Waals surface area contributed by atoms with E-state index in [9.17, 15) is 4.79 Å². The first-order valence-corrected chi connectivity index (χ1v) is 4.65. The maximum absolute atomic E-state index is 10.9. The third-order valence-corrected chi connectivity index (χ3v) is 2.25. The largest absolute Gasteiger partial charge is 0.378 e. The van der Waals surface area contributed by atoms with E-state index >= 15 is 0 Å². The third-order valence-electron chi connectivity index (χ3n) is 2.25. The molecule has 0 aromatic rings. The second kappa shape index (κ2) is 5.14. The van der Waals surface area contributed by atoms with Crippen molar-refractivity contribution in [1.82, 2.24) is 5.32 Å². The normalized spacial score (nSPS) is 23.6. The van der Waals surface area contributed by atoms with Gasteiger partial charge in [-0.3, -0.25) is 4.79 Å². The van der Waals surface area contributed by atoms with Gasteiger partial charge >= 0.3 is 0 Å². The summed E-state index contributed by atoms with van der Waals surface area (Å²) in [6.45, 7) is 0.873. The number of amides is 1. The monoisotopic (exact) mass is 171 g/mol. The van der Waals surface area contributed by atoms with Gasteiger partial charge in [0.25, 0.3) is 0 Å². The van der Waals surface area contributed by atoms with Crippen LogP contribution in [0.3, 0.4) is 0 Å². The van der Waals surface area contributed by atoms with Gasteiger partial charge in [0.2, 0.25) is 5.91 Å². The highest BCUT2D eigenvalue weighted by Gasteiger charge is 2.14. The second-order valence-corrected chi connectivity index (χ2v) is 3.20. The average Bonchev–Trinajstić information content (AvgIpc) is 2.16. The summed E-state index contributed by atoms with van der Waals surface area (Å²) < 4.78 is 5.49. The first-order valence-electron chi connectivity index (χ1n) is 4.65. The fourth-order valence-electron chi connectivity index (χ4n) is 1.45. The SMILES string of the molecule is CNC(=O)CCC1CCCCO1. The molecule has 0 aliphatic carbocycles. The summed E-state index contributed by atoms with van der Waals surface area (Å²) in [4.78, 5) is 10.9. The Morgan fingerprint density at radius 1 is 1.58 bits per heavy atom. The van der Waals surface area contributed by atoms with Gasteiger partial charge in [-0.05, 0) is 25.7 Å². The molecule has 1 aliphatic heterocycles. The Balaban J connectivity index is 2.09. The summed E-state index contributed by atoms with van der Waals surface area (Å²) in [5.74, 6) is 0.115. The van der Waals surface area contributed by atoms with Crippen LogP contribution in [0.2, 0.25) is 0 Å². The molecular formula is C9H17NO2.